The minimum absolute atomic E-state index is 0.0444. The van der Waals surface area contributed by atoms with Gasteiger partial charge in [0.15, 0.2) is 0 Å². The number of aliphatic hydroxyl groups is 3. The smallest absolute Gasteiger partial charge is 0.329 e. The molecule has 4 N–H and O–H groups in total. The van der Waals surface area contributed by atoms with Crippen molar-refractivity contribution in [1.29, 1.82) is 0 Å². The third-order valence-electron chi connectivity index (χ3n) is 4.79. The summed E-state index contributed by atoms with van der Waals surface area (Å²) in [6.45, 7) is -0.565. The van der Waals surface area contributed by atoms with Crippen molar-refractivity contribution in [2.75, 3.05) is 6.61 Å². The maximum atomic E-state index is 12.2. The Hall–Kier alpha value is -3.12. The van der Waals surface area contributed by atoms with Crippen LogP contribution >= 0.6 is 0 Å². The van der Waals surface area contributed by atoms with E-state index in [9.17, 15) is 24.9 Å². The molecule has 1 fully saturated rings. The van der Waals surface area contributed by atoms with E-state index in [0.717, 1.165) is 5.56 Å². The molecule has 0 radical (unpaired) electrons. The average Bonchev–Trinajstić information content (AvgIpc) is 3.30. The van der Waals surface area contributed by atoms with E-state index in [-0.39, 0.29) is 12.2 Å². The Morgan fingerprint density at radius 3 is 2.55 bits per heavy atom. The lowest BCUT2D eigenvalue weighted by Crippen LogP contribution is -2.36. The zero-order valence-corrected chi connectivity index (χ0v) is 15.1. The predicted molar refractivity (Wildman–Crippen MR) is 98.9 cm³/mol. The number of hydrogen-bond acceptors (Lipinski definition) is 8. The van der Waals surface area contributed by atoms with E-state index in [1.807, 2.05) is 30.3 Å². The van der Waals surface area contributed by atoms with E-state index in [1.54, 1.807) is 6.20 Å². The standard InChI is InChI=1S/C18H19N5O6/c24-8-13-14(25)15(26)16(29-13)11-6-22(18(28)19-17(11)27)9-23-7-12(20-21-23)10-4-2-1-3-5-10/h1-7,13-16,24-26H,8-9H2,(H,19,27,28). The Balaban J connectivity index is 1.63. The second-order valence-corrected chi connectivity index (χ2v) is 6.72. The third kappa shape index (κ3) is 3.63. The van der Waals surface area contributed by atoms with Crippen molar-refractivity contribution in [1.82, 2.24) is 24.5 Å². The van der Waals surface area contributed by atoms with Crippen LogP contribution in [0.5, 0.6) is 0 Å². The van der Waals surface area contributed by atoms with Crippen LogP contribution in [0.2, 0.25) is 0 Å². The number of H-pyrrole nitrogens is 1. The Morgan fingerprint density at radius 2 is 1.86 bits per heavy atom. The van der Waals surface area contributed by atoms with Crippen molar-refractivity contribution in [2.24, 2.45) is 0 Å². The molecule has 0 saturated carbocycles. The van der Waals surface area contributed by atoms with Crippen molar-refractivity contribution in [2.45, 2.75) is 31.1 Å². The molecule has 152 valence electrons. The number of rotatable bonds is 5. The van der Waals surface area contributed by atoms with Gasteiger partial charge in [-0.2, -0.15) is 0 Å². The number of aromatic amines is 1. The number of ether oxygens (including phenoxy) is 1. The van der Waals surface area contributed by atoms with Gasteiger partial charge in [0.1, 0.15) is 36.8 Å². The Morgan fingerprint density at radius 1 is 1.10 bits per heavy atom. The summed E-state index contributed by atoms with van der Waals surface area (Å²) in [5, 5.41) is 37.4. The second kappa shape index (κ2) is 7.72. The number of nitrogens with one attached hydrogen (secondary N) is 1. The largest absolute Gasteiger partial charge is 0.394 e. The summed E-state index contributed by atoms with van der Waals surface area (Å²) < 4.78 is 7.98. The fraction of sp³-hybridized carbons (Fsp3) is 0.333. The molecule has 0 aliphatic carbocycles. The molecule has 1 aromatic carbocycles. The van der Waals surface area contributed by atoms with Gasteiger partial charge in [-0.3, -0.25) is 14.3 Å². The number of aliphatic hydroxyl groups excluding tert-OH is 3. The number of hydrogen-bond donors (Lipinski definition) is 4. The van der Waals surface area contributed by atoms with Crippen LogP contribution in [0.1, 0.15) is 11.7 Å². The molecule has 1 saturated heterocycles. The molecule has 11 heteroatoms. The number of aromatic nitrogens is 5. The molecule has 1 aliphatic heterocycles. The van der Waals surface area contributed by atoms with Gasteiger partial charge in [-0.25, -0.2) is 9.48 Å². The molecule has 4 atom stereocenters. The van der Waals surface area contributed by atoms with Gasteiger partial charge in [-0.05, 0) is 0 Å². The molecule has 4 rings (SSSR count). The highest BCUT2D eigenvalue weighted by Crippen LogP contribution is 2.31. The van der Waals surface area contributed by atoms with Crippen molar-refractivity contribution in [3.63, 3.8) is 0 Å². The van der Waals surface area contributed by atoms with Gasteiger partial charge in [0.25, 0.3) is 5.56 Å². The monoisotopic (exact) mass is 401 g/mol. The minimum atomic E-state index is -1.42. The van der Waals surface area contributed by atoms with Crippen LogP contribution in [-0.4, -0.2) is 64.8 Å². The zero-order chi connectivity index (χ0) is 20.5. The van der Waals surface area contributed by atoms with E-state index in [1.165, 1.54) is 15.4 Å². The molecule has 4 unspecified atom stereocenters. The Labute approximate surface area is 163 Å². The predicted octanol–water partition coefficient (Wildman–Crippen LogP) is -1.55. The molecule has 0 spiro atoms. The van der Waals surface area contributed by atoms with Crippen LogP contribution in [0.4, 0.5) is 0 Å². The highest BCUT2D eigenvalue weighted by molar-refractivity contribution is 5.57. The molecule has 11 nitrogen and oxygen atoms in total. The quantitative estimate of drug-likeness (QED) is 0.401. The van der Waals surface area contributed by atoms with Gasteiger partial charge >= 0.3 is 5.69 Å². The maximum Gasteiger partial charge on any atom is 0.329 e. The molecule has 2 aromatic heterocycles. The average molecular weight is 401 g/mol. The summed E-state index contributed by atoms with van der Waals surface area (Å²) in [4.78, 5) is 26.6. The van der Waals surface area contributed by atoms with E-state index >= 15 is 0 Å². The van der Waals surface area contributed by atoms with Crippen LogP contribution in [0.3, 0.4) is 0 Å². The highest BCUT2D eigenvalue weighted by Gasteiger charge is 2.44. The van der Waals surface area contributed by atoms with E-state index in [4.69, 9.17) is 4.74 Å². The maximum absolute atomic E-state index is 12.2. The highest BCUT2D eigenvalue weighted by atomic mass is 16.6. The Bertz CT molecular complexity index is 1110. The summed E-state index contributed by atoms with van der Waals surface area (Å²) in [7, 11) is 0. The molecular formula is C18H19N5O6. The first kappa shape index (κ1) is 19.2. The summed E-state index contributed by atoms with van der Waals surface area (Å²) >= 11 is 0. The number of benzene rings is 1. The first-order valence-corrected chi connectivity index (χ1v) is 8.89. The lowest BCUT2D eigenvalue weighted by molar-refractivity contribution is -0.0233. The van der Waals surface area contributed by atoms with E-state index in [2.05, 4.69) is 15.3 Å². The first-order chi connectivity index (χ1) is 14.0. The number of nitrogens with zero attached hydrogens (tertiary/aromatic N) is 4. The molecule has 0 amide bonds. The molecule has 3 heterocycles. The molecule has 3 aromatic rings. The summed E-state index contributed by atoms with van der Waals surface area (Å²) in [5.41, 5.74) is 0.00827. The van der Waals surface area contributed by atoms with Crippen molar-refractivity contribution >= 4 is 0 Å². The SMILES string of the molecule is O=c1[nH]c(=O)n(Cn2cc(-c3ccccc3)nn2)cc1C1OC(CO)C(O)C1O. The van der Waals surface area contributed by atoms with Crippen LogP contribution in [0, 0.1) is 0 Å². The Kier molecular flexibility index (Phi) is 5.11. The van der Waals surface area contributed by atoms with Gasteiger partial charge in [-0.15, -0.1) is 5.10 Å². The minimum Gasteiger partial charge on any atom is -0.394 e. The fourth-order valence-corrected chi connectivity index (χ4v) is 3.26. The zero-order valence-electron chi connectivity index (χ0n) is 15.1. The second-order valence-electron chi connectivity index (χ2n) is 6.72. The fourth-order valence-electron chi connectivity index (χ4n) is 3.26. The molecular weight excluding hydrogens is 382 g/mol. The summed E-state index contributed by atoms with van der Waals surface area (Å²) in [6.07, 6.45) is -2.10. The van der Waals surface area contributed by atoms with E-state index < -0.39 is 42.3 Å². The van der Waals surface area contributed by atoms with Crippen molar-refractivity contribution < 1.29 is 20.1 Å². The van der Waals surface area contributed by atoms with E-state index in [0.29, 0.717) is 5.69 Å². The molecule has 29 heavy (non-hydrogen) atoms. The lowest BCUT2D eigenvalue weighted by Gasteiger charge is -2.15. The molecule has 1 aliphatic rings. The van der Waals surface area contributed by atoms with Gasteiger partial charge < -0.3 is 20.1 Å². The first-order valence-electron chi connectivity index (χ1n) is 8.89. The van der Waals surface area contributed by atoms with Gasteiger partial charge in [0.05, 0.1) is 18.4 Å². The van der Waals surface area contributed by atoms with Crippen LogP contribution < -0.4 is 11.2 Å². The van der Waals surface area contributed by atoms with Crippen LogP contribution in [0.15, 0.2) is 52.3 Å². The topological polar surface area (TPSA) is 155 Å². The van der Waals surface area contributed by atoms with Gasteiger partial charge in [0, 0.05) is 11.8 Å². The lowest BCUT2D eigenvalue weighted by atomic mass is 10.0. The normalized spacial score (nSPS) is 24.1. The third-order valence-corrected chi connectivity index (χ3v) is 4.79. The summed E-state index contributed by atoms with van der Waals surface area (Å²) in [6, 6.07) is 9.37. The van der Waals surface area contributed by atoms with Crippen LogP contribution in [0.25, 0.3) is 11.3 Å². The van der Waals surface area contributed by atoms with Crippen molar-refractivity contribution in [3.8, 4) is 11.3 Å². The summed E-state index contributed by atoms with van der Waals surface area (Å²) in [5.74, 6) is 0. The van der Waals surface area contributed by atoms with Crippen LogP contribution in [-0.2, 0) is 11.4 Å². The molecule has 0 bridgehead atoms. The van der Waals surface area contributed by atoms with Crippen molar-refractivity contribution in [3.05, 3.63) is 69.1 Å². The van der Waals surface area contributed by atoms with Gasteiger partial charge in [0.2, 0.25) is 0 Å². The van der Waals surface area contributed by atoms with Gasteiger partial charge in [-0.1, -0.05) is 35.5 Å².